The molecule has 23 heavy (non-hydrogen) atoms. The number of hydrogen-bond donors (Lipinski definition) is 1. The Morgan fingerprint density at radius 3 is 2.78 bits per heavy atom. The Balaban J connectivity index is 1.68. The van der Waals surface area contributed by atoms with Crippen molar-refractivity contribution in [3.8, 4) is 0 Å². The molecule has 1 amide bonds. The third-order valence-corrected chi connectivity index (χ3v) is 6.08. The van der Waals surface area contributed by atoms with Gasteiger partial charge in [-0.1, -0.05) is 12.1 Å². The fraction of sp³-hybridized carbons (Fsp3) is 0.200. The van der Waals surface area contributed by atoms with Gasteiger partial charge in [0.2, 0.25) is 5.91 Å². The number of sulfonamides is 1. The van der Waals surface area contributed by atoms with E-state index >= 15 is 0 Å². The van der Waals surface area contributed by atoms with Crippen LogP contribution in [0.1, 0.15) is 9.75 Å². The fourth-order valence-electron chi connectivity index (χ4n) is 2.19. The number of hydrogen-bond acceptors (Lipinski definition) is 5. The van der Waals surface area contributed by atoms with Gasteiger partial charge >= 0.3 is 0 Å². The number of aliphatic imine (C=N–C) groups is 1. The topological polar surface area (TPSA) is 78.8 Å². The first kappa shape index (κ1) is 15.7. The van der Waals surface area contributed by atoms with Crippen molar-refractivity contribution >= 4 is 39.3 Å². The molecule has 0 fully saturated rings. The lowest BCUT2D eigenvalue weighted by molar-refractivity contribution is -0.120. The van der Waals surface area contributed by atoms with Crippen molar-refractivity contribution in [3.05, 3.63) is 46.2 Å². The zero-order chi connectivity index (χ0) is 16.4. The molecule has 0 atom stereocenters. The summed E-state index contributed by atoms with van der Waals surface area (Å²) in [5.74, 6) is -0.370. The normalized spacial score (nSPS) is 15.3. The summed E-state index contributed by atoms with van der Waals surface area (Å²) in [6, 6.07) is 10.4. The van der Waals surface area contributed by atoms with E-state index in [0.29, 0.717) is 12.2 Å². The highest BCUT2D eigenvalue weighted by atomic mass is 32.2. The first-order chi connectivity index (χ1) is 11.0. The van der Waals surface area contributed by atoms with E-state index in [1.807, 2.05) is 19.1 Å². The fourth-order valence-corrected chi connectivity index (χ4v) is 4.36. The molecule has 3 rings (SSSR count). The van der Waals surface area contributed by atoms with Gasteiger partial charge in [0.15, 0.2) is 0 Å². The van der Waals surface area contributed by atoms with Crippen molar-refractivity contribution < 1.29 is 13.2 Å². The predicted octanol–water partition coefficient (Wildman–Crippen LogP) is 2.04. The van der Waals surface area contributed by atoms with Crippen LogP contribution in [0.25, 0.3) is 0 Å². The number of carbonyl (C=O) groups is 1. The molecule has 0 bridgehead atoms. The monoisotopic (exact) mass is 349 g/mol. The van der Waals surface area contributed by atoms with E-state index in [-0.39, 0.29) is 17.3 Å². The largest absolute Gasteiger partial charge is 0.350 e. The number of fused-ring (bicyclic) bond motifs is 1. The molecule has 120 valence electrons. The highest BCUT2D eigenvalue weighted by Gasteiger charge is 2.29. The minimum absolute atomic E-state index is 0.115. The highest BCUT2D eigenvalue weighted by molar-refractivity contribution is 7.89. The molecule has 6 nitrogen and oxygen atoms in total. The summed E-state index contributed by atoms with van der Waals surface area (Å²) in [4.78, 5) is 18.4. The molecule has 2 heterocycles. The lowest BCUT2D eigenvalue weighted by Gasteiger charge is -2.23. The molecule has 0 spiro atoms. The van der Waals surface area contributed by atoms with Crippen LogP contribution in [0.3, 0.4) is 0 Å². The Kier molecular flexibility index (Phi) is 4.18. The average molecular weight is 349 g/mol. The summed E-state index contributed by atoms with van der Waals surface area (Å²) >= 11 is 1.59. The summed E-state index contributed by atoms with van der Waals surface area (Å²) in [5.41, 5.74) is 0.387. The van der Waals surface area contributed by atoms with Crippen molar-refractivity contribution in [2.75, 3.05) is 6.54 Å². The summed E-state index contributed by atoms with van der Waals surface area (Å²) < 4.78 is 25.9. The number of nitrogens with zero attached hydrogens (tertiary/aromatic N) is 2. The van der Waals surface area contributed by atoms with Crippen LogP contribution in [0.15, 0.2) is 46.3 Å². The van der Waals surface area contributed by atoms with E-state index in [1.165, 1.54) is 12.4 Å². The molecule has 0 unspecified atom stereocenters. The molecular weight excluding hydrogens is 334 g/mol. The molecule has 1 N–H and O–H groups in total. The van der Waals surface area contributed by atoms with E-state index in [4.69, 9.17) is 0 Å². The Bertz CT molecular complexity index is 872. The number of benzene rings is 1. The molecule has 0 radical (unpaired) electrons. The lowest BCUT2D eigenvalue weighted by atomic mass is 10.3. The number of carbonyl (C=O) groups excluding carboxylic acids is 1. The minimum Gasteiger partial charge on any atom is -0.350 e. The summed E-state index contributed by atoms with van der Waals surface area (Å²) in [7, 11) is -3.73. The molecule has 1 aromatic carbocycles. The molecule has 0 saturated carbocycles. The zero-order valence-corrected chi connectivity index (χ0v) is 14.0. The van der Waals surface area contributed by atoms with E-state index in [0.717, 1.165) is 14.1 Å². The van der Waals surface area contributed by atoms with Crippen LogP contribution in [-0.4, -0.2) is 31.5 Å². The Morgan fingerprint density at radius 2 is 2.04 bits per heavy atom. The number of aryl methyl sites for hydroxylation is 1. The number of thiophene rings is 1. The summed E-state index contributed by atoms with van der Waals surface area (Å²) in [6.07, 6.45) is 1.19. The van der Waals surface area contributed by atoms with E-state index < -0.39 is 10.0 Å². The molecule has 2 aromatic rings. The van der Waals surface area contributed by atoms with Crippen molar-refractivity contribution in [2.24, 2.45) is 4.99 Å². The number of para-hydroxylation sites is 1. The van der Waals surface area contributed by atoms with Crippen LogP contribution in [0.2, 0.25) is 0 Å². The lowest BCUT2D eigenvalue weighted by Crippen LogP contribution is -2.40. The minimum atomic E-state index is -3.73. The predicted molar refractivity (Wildman–Crippen MR) is 89.4 cm³/mol. The van der Waals surface area contributed by atoms with Crippen molar-refractivity contribution in [2.45, 2.75) is 18.4 Å². The second kappa shape index (κ2) is 6.13. The molecular formula is C15H15N3O3S2. The third kappa shape index (κ3) is 3.27. The van der Waals surface area contributed by atoms with Gasteiger partial charge in [0.25, 0.3) is 10.0 Å². The number of amides is 1. The SMILES string of the molecule is Cc1ccc(CNC(=O)CN2C=Nc3ccccc3S2(=O)=O)s1. The van der Waals surface area contributed by atoms with Gasteiger partial charge in [-0.15, -0.1) is 11.3 Å². The maximum atomic E-state index is 12.5. The van der Waals surface area contributed by atoms with Crippen molar-refractivity contribution in [1.82, 2.24) is 9.62 Å². The maximum Gasteiger partial charge on any atom is 0.267 e. The standard InChI is InChI=1S/C15H15N3O3S2/c1-11-6-7-12(22-11)8-16-15(19)9-18-10-17-13-4-2-3-5-14(13)23(18,20)21/h2-7,10H,8-9H2,1H3,(H,16,19). The van der Waals surface area contributed by atoms with Crippen LogP contribution >= 0.6 is 11.3 Å². The van der Waals surface area contributed by atoms with Crippen LogP contribution in [-0.2, 0) is 21.4 Å². The van der Waals surface area contributed by atoms with Crippen molar-refractivity contribution in [1.29, 1.82) is 0 Å². The second-order valence-electron chi connectivity index (χ2n) is 5.05. The van der Waals surface area contributed by atoms with Crippen LogP contribution in [0, 0.1) is 6.92 Å². The molecule has 1 aromatic heterocycles. The number of nitrogens with one attached hydrogen (secondary N) is 1. The smallest absolute Gasteiger partial charge is 0.267 e. The van der Waals surface area contributed by atoms with E-state index in [1.54, 1.807) is 29.5 Å². The first-order valence-corrected chi connectivity index (χ1v) is 9.19. The molecule has 1 aliphatic heterocycles. The highest BCUT2D eigenvalue weighted by Crippen LogP contribution is 2.29. The van der Waals surface area contributed by atoms with Gasteiger partial charge in [-0.3, -0.25) is 4.79 Å². The van der Waals surface area contributed by atoms with Gasteiger partial charge in [-0.25, -0.2) is 17.7 Å². The number of rotatable bonds is 4. The zero-order valence-electron chi connectivity index (χ0n) is 12.4. The van der Waals surface area contributed by atoms with Gasteiger partial charge in [-0.05, 0) is 31.2 Å². The van der Waals surface area contributed by atoms with Gasteiger partial charge < -0.3 is 5.32 Å². The van der Waals surface area contributed by atoms with Gasteiger partial charge in [0.05, 0.1) is 12.2 Å². The van der Waals surface area contributed by atoms with E-state index in [9.17, 15) is 13.2 Å². The average Bonchev–Trinajstić information content (AvgIpc) is 2.94. The maximum absolute atomic E-state index is 12.5. The third-order valence-electron chi connectivity index (χ3n) is 3.33. The van der Waals surface area contributed by atoms with Crippen molar-refractivity contribution in [3.63, 3.8) is 0 Å². The van der Waals surface area contributed by atoms with Gasteiger partial charge in [0.1, 0.15) is 17.8 Å². The van der Waals surface area contributed by atoms with Gasteiger partial charge in [-0.2, -0.15) is 0 Å². The summed E-state index contributed by atoms with van der Waals surface area (Å²) in [6.45, 7) is 2.09. The van der Waals surface area contributed by atoms with Crippen LogP contribution in [0.4, 0.5) is 5.69 Å². The van der Waals surface area contributed by atoms with E-state index in [2.05, 4.69) is 10.3 Å². The Morgan fingerprint density at radius 1 is 1.26 bits per heavy atom. The molecule has 0 saturated heterocycles. The second-order valence-corrected chi connectivity index (χ2v) is 8.28. The van der Waals surface area contributed by atoms with Crippen LogP contribution in [0.5, 0.6) is 0 Å². The first-order valence-electron chi connectivity index (χ1n) is 6.94. The van der Waals surface area contributed by atoms with Crippen LogP contribution < -0.4 is 5.32 Å². The Labute approximate surface area is 138 Å². The molecule has 1 aliphatic rings. The van der Waals surface area contributed by atoms with Gasteiger partial charge in [0, 0.05) is 9.75 Å². The molecule has 8 heteroatoms. The molecule has 0 aliphatic carbocycles. The summed E-state index contributed by atoms with van der Waals surface area (Å²) in [5, 5.41) is 2.73. The quantitative estimate of drug-likeness (QED) is 0.917. The Hall–Kier alpha value is -2.19.